The van der Waals surface area contributed by atoms with E-state index in [9.17, 15) is 4.79 Å². The van der Waals surface area contributed by atoms with E-state index < -0.39 is 0 Å². The molecule has 1 aromatic rings. The Morgan fingerprint density at radius 3 is 2.88 bits per heavy atom. The number of esters is 1. The quantitative estimate of drug-likeness (QED) is 0.735. The molecule has 92 valence electrons. The van der Waals surface area contributed by atoms with E-state index in [0.717, 1.165) is 11.7 Å². The van der Waals surface area contributed by atoms with Crippen LogP contribution in [-0.2, 0) is 9.53 Å². The second kappa shape index (κ2) is 5.21. The third kappa shape index (κ3) is 3.77. The average molecular weight is 234 g/mol. The Morgan fingerprint density at radius 1 is 1.47 bits per heavy atom. The Bertz CT molecular complexity index is 396. The van der Waals surface area contributed by atoms with Crippen LogP contribution in [0.2, 0.25) is 0 Å². The molecule has 3 nitrogen and oxygen atoms in total. The van der Waals surface area contributed by atoms with Crippen molar-refractivity contribution in [1.29, 1.82) is 0 Å². The predicted molar refractivity (Wildman–Crippen MR) is 65.1 cm³/mol. The van der Waals surface area contributed by atoms with E-state index in [-0.39, 0.29) is 12.1 Å². The molecule has 2 rings (SSSR count). The number of rotatable bonds is 5. The van der Waals surface area contributed by atoms with Gasteiger partial charge in [0.15, 0.2) is 0 Å². The summed E-state index contributed by atoms with van der Waals surface area (Å²) >= 11 is 0. The van der Waals surface area contributed by atoms with E-state index in [1.165, 1.54) is 25.3 Å². The highest BCUT2D eigenvalue weighted by molar-refractivity contribution is 5.65. The van der Waals surface area contributed by atoms with Crippen LogP contribution in [0.25, 0.3) is 0 Å². The second-order valence-corrected chi connectivity index (χ2v) is 4.58. The minimum Gasteiger partial charge on any atom is -0.487 e. The lowest BCUT2D eigenvalue weighted by atomic mass is 10.1. The first-order valence-electron chi connectivity index (χ1n) is 6.05. The number of carbonyl (C=O) groups is 1. The molecule has 1 unspecified atom stereocenters. The first-order chi connectivity index (χ1) is 8.15. The highest BCUT2D eigenvalue weighted by Gasteiger charge is 2.23. The molecule has 0 aliphatic heterocycles. The van der Waals surface area contributed by atoms with E-state index in [0.29, 0.717) is 6.61 Å². The Balaban J connectivity index is 1.88. The number of benzene rings is 1. The van der Waals surface area contributed by atoms with Gasteiger partial charge in [-0.2, -0.15) is 0 Å². The van der Waals surface area contributed by atoms with Gasteiger partial charge in [0, 0.05) is 6.92 Å². The minimum atomic E-state index is -0.271. The van der Waals surface area contributed by atoms with Crippen LogP contribution >= 0.6 is 0 Å². The van der Waals surface area contributed by atoms with Crippen molar-refractivity contribution in [1.82, 2.24) is 0 Å². The Hall–Kier alpha value is -1.51. The summed E-state index contributed by atoms with van der Waals surface area (Å²) in [4.78, 5) is 10.7. The molecule has 1 aromatic carbocycles. The van der Waals surface area contributed by atoms with Gasteiger partial charge >= 0.3 is 5.97 Å². The van der Waals surface area contributed by atoms with Gasteiger partial charge in [-0.25, -0.2) is 0 Å². The fraction of sp³-hybridized carbons (Fsp3) is 0.500. The summed E-state index contributed by atoms with van der Waals surface area (Å²) in [6, 6.07) is 8.18. The normalized spacial score (nSPS) is 16.4. The number of hydrogen-bond donors (Lipinski definition) is 0. The molecule has 1 aliphatic rings. The molecule has 3 heteroatoms. The topological polar surface area (TPSA) is 35.5 Å². The first-order valence-corrected chi connectivity index (χ1v) is 6.05. The van der Waals surface area contributed by atoms with Crippen molar-refractivity contribution in [3.05, 3.63) is 29.8 Å². The van der Waals surface area contributed by atoms with Crippen molar-refractivity contribution in [3.8, 4) is 5.75 Å². The first kappa shape index (κ1) is 12.0. The molecule has 0 radical (unpaired) electrons. The predicted octanol–water partition coefficient (Wildman–Crippen LogP) is 2.89. The van der Waals surface area contributed by atoms with Crippen LogP contribution < -0.4 is 4.74 Å². The summed E-state index contributed by atoms with van der Waals surface area (Å²) < 4.78 is 10.6. The minimum absolute atomic E-state index is 0.117. The van der Waals surface area contributed by atoms with Crippen LogP contribution in [0.4, 0.5) is 0 Å². The molecule has 0 N–H and O–H groups in total. The number of ether oxygens (including phenoxy) is 2. The van der Waals surface area contributed by atoms with Crippen molar-refractivity contribution in [2.24, 2.45) is 0 Å². The molecule has 1 aliphatic carbocycles. The number of carbonyl (C=O) groups excluding carboxylic acids is 1. The highest BCUT2D eigenvalue weighted by Crippen LogP contribution is 2.40. The van der Waals surface area contributed by atoms with E-state index in [4.69, 9.17) is 9.47 Å². The Kier molecular flexibility index (Phi) is 3.67. The fourth-order valence-corrected chi connectivity index (χ4v) is 1.76. The summed E-state index contributed by atoms with van der Waals surface area (Å²) in [5, 5.41) is 0. The molecule has 0 bridgehead atoms. The van der Waals surface area contributed by atoms with Gasteiger partial charge in [-0.15, -0.1) is 0 Å². The third-order valence-electron chi connectivity index (χ3n) is 2.77. The lowest BCUT2D eigenvalue weighted by Crippen LogP contribution is -2.20. The van der Waals surface area contributed by atoms with E-state index in [2.05, 4.69) is 12.1 Å². The van der Waals surface area contributed by atoms with Crippen LogP contribution in [0.15, 0.2) is 24.3 Å². The maximum atomic E-state index is 10.7. The maximum Gasteiger partial charge on any atom is 0.302 e. The standard InChI is InChI=1S/C14H18O3/c1-10(9-16-11(2)15)17-14-5-3-4-13(8-14)12-6-7-12/h3-5,8,10,12H,6-7,9H2,1-2H3. The fourth-order valence-electron chi connectivity index (χ4n) is 1.76. The zero-order valence-corrected chi connectivity index (χ0v) is 10.3. The van der Waals surface area contributed by atoms with E-state index in [1.54, 1.807) is 0 Å². The Morgan fingerprint density at radius 2 is 2.24 bits per heavy atom. The average Bonchev–Trinajstić information content (AvgIpc) is 3.10. The summed E-state index contributed by atoms with van der Waals surface area (Å²) in [5.74, 6) is 1.31. The molecule has 0 amide bonds. The molecule has 1 saturated carbocycles. The SMILES string of the molecule is CC(=O)OCC(C)Oc1cccc(C2CC2)c1. The Labute approximate surface area is 102 Å². The van der Waals surface area contributed by atoms with Crippen molar-refractivity contribution >= 4 is 5.97 Å². The van der Waals surface area contributed by atoms with Gasteiger partial charge in [0.05, 0.1) is 0 Å². The summed E-state index contributed by atoms with van der Waals surface area (Å²) in [5.41, 5.74) is 1.35. The lowest BCUT2D eigenvalue weighted by Gasteiger charge is -2.15. The van der Waals surface area contributed by atoms with E-state index in [1.807, 2.05) is 19.1 Å². The molecular formula is C14H18O3. The molecule has 0 aromatic heterocycles. The molecular weight excluding hydrogens is 216 g/mol. The van der Waals surface area contributed by atoms with Gasteiger partial charge in [-0.1, -0.05) is 12.1 Å². The molecule has 1 fully saturated rings. The second-order valence-electron chi connectivity index (χ2n) is 4.58. The number of hydrogen-bond acceptors (Lipinski definition) is 3. The third-order valence-corrected chi connectivity index (χ3v) is 2.77. The van der Waals surface area contributed by atoms with E-state index >= 15 is 0 Å². The smallest absolute Gasteiger partial charge is 0.302 e. The molecule has 0 heterocycles. The monoisotopic (exact) mass is 234 g/mol. The summed E-state index contributed by atoms with van der Waals surface area (Å²) in [6.07, 6.45) is 2.45. The molecule has 1 atom stereocenters. The van der Waals surface area contributed by atoms with Crippen LogP contribution in [0.1, 0.15) is 38.2 Å². The van der Waals surface area contributed by atoms with Gasteiger partial charge < -0.3 is 9.47 Å². The zero-order chi connectivity index (χ0) is 12.3. The van der Waals surface area contributed by atoms with Gasteiger partial charge in [-0.05, 0) is 43.4 Å². The van der Waals surface area contributed by atoms with Crippen molar-refractivity contribution in [2.45, 2.75) is 38.7 Å². The van der Waals surface area contributed by atoms with Crippen molar-refractivity contribution in [2.75, 3.05) is 6.61 Å². The van der Waals surface area contributed by atoms with Gasteiger partial charge in [0.25, 0.3) is 0 Å². The lowest BCUT2D eigenvalue weighted by molar-refractivity contribution is -0.143. The highest BCUT2D eigenvalue weighted by atomic mass is 16.6. The van der Waals surface area contributed by atoms with Crippen molar-refractivity contribution < 1.29 is 14.3 Å². The van der Waals surface area contributed by atoms with Crippen molar-refractivity contribution in [3.63, 3.8) is 0 Å². The van der Waals surface area contributed by atoms with Crippen LogP contribution in [0, 0.1) is 0 Å². The summed E-state index contributed by atoms with van der Waals surface area (Å²) in [7, 11) is 0. The van der Waals surface area contributed by atoms with Gasteiger partial charge in [0.1, 0.15) is 18.5 Å². The molecule has 17 heavy (non-hydrogen) atoms. The maximum absolute atomic E-state index is 10.7. The van der Waals surface area contributed by atoms with Crippen LogP contribution in [0.3, 0.4) is 0 Å². The van der Waals surface area contributed by atoms with Crippen LogP contribution in [-0.4, -0.2) is 18.7 Å². The largest absolute Gasteiger partial charge is 0.487 e. The molecule has 0 spiro atoms. The van der Waals surface area contributed by atoms with Crippen LogP contribution in [0.5, 0.6) is 5.75 Å². The zero-order valence-electron chi connectivity index (χ0n) is 10.3. The summed E-state index contributed by atoms with van der Waals surface area (Å²) in [6.45, 7) is 3.59. The van der Waals surface area contributed by atoms with Gasteiger partial charge in [-0.3, -0.25) is 4.79 Å². The molecule has 0 saturated heterocycles. The van der Waals surface area contributed by atoms with Gasteiger partial charge in [0.2, 0.25) is 0 Å².